The maximum absolute atomic E-state index is 9.99. The third-order valence-corrected chi connectivity index (χ3v) is 0.986. The Morgan fingerprint density at radius 3 is 1.73 bits per heavy atom. The lowest BCUT2D eigenvalue weighted by molar-refractivity contribution is -0.139. The van der Waals surface area contributed by atoms with Crippen molar-refractivity contribution < 1.29 is 37.1 Å². The summed E-state index contributed by atoms with van der Waals surface area (Å²) in [5.41, 5.74) is 5.00. The highest BCUT2D eigenvalue weighted by Gasteiger charge is 2.20. The average molecular weight is 234 g/mol. The first-order chi connectivity index (χ1) is 6.54. The van der Waals surface area contributed by atoms with E-state index in [1.165, 1.54) is 0 Å². The Morgan fingerprint density at radius 2 is 1.53 bits per heavy atom. The normalized spacial score (nSPS) is 12.3. The van der Waals surface area contributed by atoms with Crippen LogP contribution in [0.1, 0.15) is 12.8 Å². The topological polar surface area (TPSA) is 101 Å². The molecule has 0 aliphatic carbocycles. The van der Waals surface area contributed by atoms with Gasteiger partial charge in [0.25, 0.3) is 0 Å². The summed E-state index contributed by atoms with van der Waals surface area (Å²) in [7, 11) is -6.00. The van der Waals surface area contributed by atoms with Crippen LogP contribution in [-0.2, 0) is 9.59 Å². The standard InChI is InChI=1S/C5H9NO4.BF4/c6-3(5(9)10)1-2-4(7)8;2-1(3,4)5/h3H,1-2,6H2,(H,7,8)(H,9,10);/q;-1. The molecule has 0 spiro atoms. The monoisotopic (exact) mass is 234 g/mol. The van der Waals surface area contributed by atoms with Crippen LogP contribution in [0, 0.1) is 0 Å². The molecule has 0 saturated heterocycles. The van der Waals surface area contributed by atoms with Gasteiger partial charge in [0, 0.05) is 6.42 Å². The quantitative estimate of drug-likeness (QED) is 0.487. The maximum Gasteiger partial charge on any atom is 0.673 e. The van der Waals surface area contributed by atoms with E-state index in [9.17, 15) is 26.9 Å². The van der Waals surface area contributed by atoms with Gasteiger partial charge in [-0.2, -0.15) is 0 Å². The molecule has 5 nitrogen and oxygen atoms in total. The van der Waals surface area contributed by atoms with Crippen LogP contribution in [0.5, 0.6) is 0 Å². The predicted octanol–water partition coefficient (Wildman–Crippen LogP) is 0.563. The van der Waals surface area contributed by atoms with E-state index >= 15 is 0 Å². The largest absolute Gasteiger partial charge is 0.673 e. The highest BCUT2D eigenvalue weighted by Crippen LogP contribution is 2.06. The highest BCUT2D eigenvalue weighted by molar-refractivity contribution is 6.50. The Bertz CT molecular complexity index is 216. The lowest BCUT2D eigenvalue weighted by Gasteiger charge is -2.01. The van der Waals surface area contributed by atoms with E-state index in [0.717, 1.165) is 0 Å². The van der Waals surface area contributed by atoms with Gasteiger partial charge in [0.2, 0.25) is 0 Å². The van der Waals surface area contributed by atoms with Crippen molar-refractivity contribution in [1.82, 2.24) is 0 Å². The van der Waals surface area contributed by atoms with Gasteiger partial charge < -0.3 is 33.2 Å². The van der Waals surface area contributed by atoms with Gasteiger partial charge in [-0.1, -0.05) is 0 Å². The summed E-state index contributed by atoms with van der Waals surface area (Å²) in [6.45, 7) is 0. The van der Waals surface area contributed by atoms with E-state index in [1.54, 1.807) is 0 Å². The van der Waals surface area contributed by atoms with Gasteiger partial charge in [0.15, 0.2) is 0 Å². The number of aliphatic carboxylic acids is 2. The molecule has 0 heterocycles. The second kappa shape index (κ2) is 7.04. The Kier molecular flexibility index (Phi) is 7.57. The van der Waals surface area contributed by atoms with Crippen LogP contribution in [0.3, 0.4) is 0 Å². The number of nitrogens with two attached hydrogens (primary N) is 1. The van der Waals surface area contributed by atoms with E-state index in [1.807, 2.05) is 0 Å². The minimum Gasteiger partial charge on any atom is -0.481 e. The summed E-state index contributed by atoms with van der Waals surface area (Å²) in [4.78, 5) is 19.9. The molecular formula is C5H9BF4NO4-. The first kappa shape index (κ1) is 16.1. The average Bonchev–Trinajstić information content (AvgIpc) is 1.96. The summed E-state index contributed by atoms with van der Waals surface area (Å²) in [6.07, 6.45) is -0.224. The molecule has 0 saturated carbocycles. The molecular weight excluding hydrogens is 225 g/mol. The molecule has 0 aliphatic heterocycles. The molecule has 0 radical (unpaired) electrons. The summed E-state index contributed by atoms with van der Waals surface area (Å²) >= 11 is 0. The molecule has 4 N–H and O–H groups in total. The van der Waals surface area contributed by atoms with E-state index in [4.69, 9.17) is 15.9 Å². The van der Waals surface area contributed by atoms with Crippen LogP contribution in [0.15, 0.2) is 0 Å². The van der Waals surface area contributed by atoms with Crippen molar-refractivity contribution in [2.75, 3.05) is 0 Å². The third kappa shape index (κ3) is 24.5. The molecule has 10 heteroatoms. The van der Waals surface area contributed by atoms with Gasteiger partial charge in [-0.05, 0) is 6.42 Å². The number of halogens is 4. The van der Waals surface area contributed by atoms with Crippen molar-refractivity contribution in [2.45, 2.75) is 18.9 Å². The van der Waals surface area contributed by atoms with Crippen LogP contribution in [-0.4, -0.2) is 35.4 Å². The fourth-order valence-electron chi connectivity index (χ4n) is 0.402. The van der Waals surface area contributed by atoms with Gasteiger partial charge in [-0.3, -0.25) is 9.59 Å². The minimum absolute atomic E-state index is 0.0231. The fraction of sp³-hybridized carbons (Fsp3) is 0.600. The Hall–Kier alpha value is -1.32. The highest BCUT2D eigenvalue weighted by atomic mass is 19.5. The van der Waals surface area contributed by atoms with Crippen LogP contribution < -0.4 is 5.73 Å². The number of carboxylic acid groups (broad SMARTS) is 2. The van der Waals surface area contributed by atoms with Gasteiger partial charge in [-0.15, -0.1) is 0 Å². The Labute approximate surface area is 82.0 Å². The first-order valence-electron chi connectivity index (χ1n) is 3.61. The summed E-state index contributed by atoms with van der Waals surface area (Å²) in [6, 6.07) is -1.06. The lowest BCUT2D eigenvalue weighted by atomic mass is 10.2. The molecule has 0 aromatic heterocycles. The van der Waals surface area contributed by atoms with Crippen molar-refractivity contribution in [2.24, 2.45) is 5.73 Å². The lowest BCUT2D eigenvalue weighted by Crippen LogP contribution is -2.30. The number of rotatable bonds is 4. The zero-order valence-corrected chi connectivity index (χ0v) is 7.37. The predicted molar refractivity (Wildman–Crippen MR) is 42.7 cm³/mol. The number of hydrogen-bond donors (Lipinski definition) is 3. The first-order valence-corrected chi connectivity index (χ1v) is 3.61. The molecule has 0 aromatic carbocycles. The molecule has 1 atom stereocenters. The molecule has 15 heavy (non-hydrogen) atoms. The number of carbonyl (C=O) groups is 2. The maximum atomic E-state index is 9.99. The Morgan fingerprint density at radius 1 is 1.20 bits per heavy atom. The second-order valence-electron chi connectivity index (χ2n) is 2.37. The van der Waals surface area contributed by atoms with Crippen molar-refractivity contribution in [3.63, 3.8) is 0 Å². The van der Waals surface area contributed by atoms with E-state index in [2.05, 4.69) is 0 Å². The van der Waals surface area contributed by atoms with Gasteiger partial charge in [0.1, 0.15) is 6.04 Å². The summed E-state index contributed by atoms with van der Waals surface area (Å²) in [5.74, 6) is -2.20. The van der Waals surface area contributed by atoms with Crippen molar-refractivity contribution in [3.05, 3.63) is 0 Å². The Balaban J connectivity index is 0. The van der Waals surface area contributed by atoms with E-state index < -0.39 is 25.2 Å². The molecule has 1 unspecified atom stereocenters. The number of hydrogen-bond acceptors (Lipinski definition) is 3. The fourth-order valence-corrected chi connectivity index (χ4v) is 0.402. The molecule has 0 fully saturated rings. The summed E-state index contributed by atoms with van der Waals surface area (Å²) in [5, 5.41) is 16.3. The van der Waals surface area contributed by atoms with Crippen molar-refractivity contribution in [1.29, 1.82) is 0 Å². The van der Waals surface area contributed by atoms with Crippen LogP contribution in [0.25, 0.3) is 0 Å². The molecule has 0 bridgehead atoms. The van der Waals surface area contributed by atoms with Crippen molar-refractivity contribution in [3.8, 4) is 0 Å². The molecule has 0 aromatic rings. The SMILES string of the molecule is F[B-](F)(F)F.NC(CCC(=O)O)C(=O)O. The van der Waals surface area contributed by atoms with Gasteiger partial charge >= 0.3 is 19.2 Å². The smallest absolute Gasteiger partial charge is 0.481 e. The van der Waals surface area contributed by atoms with E-state index in [0.29, 0.717) is 0 Å². The molecule has 0 amide bonds. The third-order valence-electron chi connectivity index (χ3n) is 0.986. The van der Waals surface area contributed by atoms with Crippen molar-refractivity contribution >= 4 is 19.2 Å². The van der Waals surface area contributed by atoms with Crippen LogP contribution in [0.4, 0.5) is 17.3 Å². The zero-order chi connectivity index (χ0) is 12.6. The van der Waals surface area contributed by atoms with Crippen LogP contribution >= 0.6 is 0 Å². The number of carboxylic acids is 2. The minimum atomic E-state index is -6.00. The molecule has 90 valence electrons. The van der Waals surface area contributed by atoms with Gasteiger partial charge in [-0.25, -0.2) is 0 Å². The molecule has 0 rings (SSSR count). The second-order valence-corrected chi connectivity index (χ2v) is 2.37. The van der Waals surface area contributed by atoms with Gasteiger partial charge in [0.05, 0.1) is 0 Å². The zero-order valence-electron chi connectivity index (χ0n) is 7.37. The van der Waals surface area contributed by atoms with Crippen LogP contribution in [0.2, 0.25) is 0 Å². The molecule has 0 aliphatic rings. The summed E-state index contributed by atoms with van der Waals surface area (Å²) < 4.78 is 39.0. The van der Waals surface area contributed by atoms with E-state index in [-0.39, 0.29) is 12.8 Å².